The van der Waals surface area contributed by atoms with E-state index in [1.165, 1.54) is 0 Å². The number of hydrogen-bond acceptors (Lipinski definition) is 2. The summed E-state index contributed by atoms with van der Waals surface area (Å²) in [4.78, 5) is 3.98. The number of halogens is 1. The molecule has 0 atom stereocenters. The normalized spacial score (nSPS) is 16.6. The highest BCUT2D eigenvalue weighted by Gasteiger charge is 1.92. The molecule has 3 heteroatoms. The van der Waals surface area contributed by atoms with Crippen LogP contribution in [0, 0.1) is 0 Å². The Kier molecular flexibility index (Phi) is 4.30. The first-order chi connectivity index (χ1) is 5.43. The van der Waals surface area contributed by atoms with E-state index in [4.69, 9.17) is 4.74 Å². The molecule has 1 aliphatic heterocycles. The Balaban J connectivity index is 2.32. The van der Waals surface area contributed by atoms with E-state index in [1.54, 1.807) is 6.20 Å². The molecule has 0 radical (unpaired) electrons. The van der Waals surface area contributed by atoms with E-state index in [9.17, 15) is 0 Å². The SMILES string of the molecule is C/C=C/COC1=IC=NC=C1. The second-order valence-electron chi connectivity index (χ2n) is 1.86. The quantitative estimate of drug-likeness (QED) is 0.565. The largest absolute Gasteiger partial charge is 0.336 e. The molecule has 1 aliphatic rings. The molecular weight excluding hydrogens is 253 g/mol. The van der Waals surface area contributed by atoms with Crippen molar-refractivity contribution in [2.24, 2.45) is 4.99 Å². The fourth-order valence-electron chi connectivity index (χ4n) is 0.550. The third kappa shape index (κ3) is 3.57. The zero-order valence-electron chi connectivity index (χ0n) is 6.33. The summed E-state index contributed by atoms with van der Waals surface area (Å²) in [6.07, 6.45) is 7.70. The van der Waals surface area contributed by atoms with Crippen molar-refractivity contribution in [3.05, 3.63) is 24.4 Å². The van der Waals surface area contributed by atoms with Crippen LogP contribution in [-0.2, 0) is 4.74 Å². The minimum Gasteiger partial charge on any atom is -0.336 e. The Morgan fingerprint density at radius 3 is 3.27 bits per heavy atom. The molecule has 0 fully saturated rings. The summed E-state index contributed by atoms with van der Waals surface area (Å²) in [7, 11) is 0. The molecule has 0 spiro atoms. The minimum atomic E-state index is -0.0869. The van der Waals surface area contributed by atoms with Gasteiger partial charge in [0.2, 0.25) is 0 Å². The Hall–Kier alpha value is -0.290. The van der Waals surface area contributed by atoms with E-state index >= 15 is 0 Å². The predicted octanol–water partition coefficient (Wildman–Crippen LogP) is 2.24. The van der Waals surface area contributed by atoms with E-state index < -0.39 is 0 Å². The smallest absolute Gasteiger partial charge is 0.110 e. The van der Waals surface area contributed by atoms with E-state index in [2.05, 4.69) is 4.99 Å². The van der Waals surface area contributed by atoms with Gasteiger partial charge in [-0.2, -0.15) is 0 Å². The Morgan fingerprint density at radius 1 is 1.73 bits per heavy atom. The van der Waals surface area contributed by atoms with Crippen molar-refractivity contribution in [2.45, 2.75) is 6.92 Å². The zero-order chi connectivity index (χ0) is 7.94. The molecule has 0 aromatic carbocycles. The molecular formula is C8H10INO. The van der Waals surface area contributed by atoms with E-state index in [0.717, 1.165) is 3.69 Å². The van der Waals surface area contributed by atoms with E-state index in [0.29, 0.717) is 6.61 Å². The summed E-state index contributed by atoms with van der Waals surface area (Å²) in [5.41, 5.74) is 0. The molecule has 0 bridgehead atoms. The molecule has 0 aliphatic carbocycles. The van der Waals surface area contributed by atoms with Gasteiger partial charge in [0, 0.05) is 6.20 Å². The number of aliphatic imine (C=N–C) groups is 1. The van der Waals surface area contributed by atoms with Crippen LogP contribution in [0.4, 0.5) is 0 Å². The molecule has 0 N–H and O–H groups in total. The number of ether oxygens (including phenoxy) is 1. The van der Waals surface area contributed by atoms with Gasteiger partial charge in [-0.15, -0.1) is 0 Å². The average Bonchev–Trinajstić information content (AvgIpc) is 2.07. The second-order valence-corrected chi connectivity index (χ2v) is 4.10. The molecule has 0 amide bonds. The number of nitrogens with zero attached hydrogens (tertiary/aromatic N) is 1. The van der Waals surface area contributed by atoms with E-state index in [-0.39, 0.29) is 20.7 Å². The summed E-state index contributed by atoms with van der Waals surface area (Å²) < 4.78 is 8.47. The van der Waals surface area contributed by atoms with Crippen LogP contribution in [0.1, 0.15) is 6.92 Å². The lowest BCUT2D eigenvalue weighted by molar-refractivity contribution is 0.364. The molecule has 1 rings (SSSR count). The lowest BCUT2D eigenvalue weighted by Gasteiger charge is -2.00. The Bertz CT molecular complexity index is 228. The van der Waals surface area contributed by atoms with Crippen LogP contribution >= 0.6 is 20.7 Å². The Morgan fingerprint density at radius 2 is 2.64 bits per heavy atom. The molecule has 0 saturated carbocycles. The van der Waals surface area contributed by atoms with Crippen LogP contribution in [0.2, 0.25) is 0 Å². The highest BCUT2D eigenvalue weighted by Crippen LogP contribution is 2.04. The number of allylic oxidation sites excluding steroid dienone is 1. The monoisotopic (exact) mass is 263 g/mol. The van der Waals surface area contributed by atoms with Gasteiger partial charge in [0.05, 0.1) is 10.8 Å². The summed E-state index contributed by atoms with van der Waals surface area (Å²) in [6, 6.07) is 0. The lowest BCUT2D eigenvalue weighted by atomic mass is 10.5. The van der Waals surface area contributed by atoms with Crippen molar-refractivity contribution in [1.29, 1.82) is 0 Å². The first kappa shape index (κ1) is 8.80. The van der Waals surface area contributed by atoms with Crippen LogP contribution in [0.3, 0.4) is 0 Å². The van der Waals surface area contributed by atoms with Crippen LogP contribution in [0.15, 0.2) is 29.4 Å². The molecule has 0 aromatic heterocycles. The summed E-state index contributed by atoms with van der Waals surface area (Å²) in [5, 5.41) is 0. The molecule has 1 heterocycles. The molecule has 2 nitrogen and oxygen atoms in total. The van der Waals surface area contributed by atoms with Crippen molar-refractivity contribution >= 4 is 28.6 Å². The highest BCUT2D eigenvalue weighted by atomic mass is 127. The minimum absolute atomic E-state index is 0.0869. The molecule has 0 aromatic rings. The summed E-state index contributed by atoms with van der Waals surface area (Å²) in [5.74, 6) is 0. The maximum atomic E-state index is 5.42. The zero-order valence-corrected chi connectivity index (χ0v) is 8.48. The van der Waals surface area contributed by atoms with Gasteiger partial charge in [0.1, 0.15) is 3.69 Å². The fourth-order valence-corrected chi connectivity index (χ4v) is 1.90. The maximum Gasteiger partial charge on any atom is 0.110 e. The molecule has 11 heavy (non-hydrogen) atoms. The Labute approximate surface area is 76.4 Å². The van der Waals surface area contributed by atoms with Gasteiger partial charge in [0.15, 0.2) is 0 Å². The fraction of sp³-hybridized carbons (Fsp3) is 0.250. The average molecular weight is 263 g/mol. The number of rotatable bonds is 3. The predicted molar refractivity (Wildman–Crippen MR) is 57.4 cm³/mol. The molecule has 0 unspecified atom stereocenters. The van der Waals surface area contributed by atoms with Crippen LogP contribution in [-0.4, -0.2) is 14.5 Å². The van der Waals surface area contributed by atoms with Crippen LogP contribution in [0.25, 0.3) is 0 Å². The first-order valence-corrected chi connectivity index (χ1v) is 5.68. The van der Waals surface area contributed by atoms with Crippen LogP contribution in [0.5, 0.6) is 0 Å². The van der Waals surface area contributed by atoms with Crippen molar-refractivity contribution < 1.29 is 4.74 Å². The first-order valence-electron chi connectivity index (χ1n) is 3.36. The topological polar surface area (TPSA) is 21.6 Å². The van der Waals surface area contributed by atoms with Crippen molar-refractivity contribution in [1.82, 2.24) is 0 Å². The van der Waals surface area contributed by atoms with Gasteiger partial charge >= 0.3 is 0 Å². The van der Waals surface area contributed by atoms with E-state index in [1.807, 2.05) is 29.4 Å². The second kappa shape index (κ2) is 5.37. The van der Waals surface area contributed by atoms with Crippen molar-refractivity contribution in [3.8, 4) is 0 Å². The third-order valence-electron chi connectivity index (χ3n) is 1.06. The summed E-state index contributed by atoms with van der Waals surface area (Å²) >= 11 is -0.0869. The van der Waals surface area contributed by atoms with Gasteiger partial charge in [-0.3, -0.25) is 4.99 Å². The van der Waals surface area contributed by atoms with Gasteiger partial charge in [0.25, 0.3) is 0 Å². The van der Waals surface area contributed by atoms with Gasteiger partial charge in [-0.05, 0) is 33.7 Å². The summed E-state index contributed by atoms with van der Waals surface area (Å²) in [6.45, 7) is 2.67. The van der Waals surface area contributed by atoms with Gasteiger partial charge < -0.3 is 4.74 Å². The molecule has 0 saturated heterocycles. The van der Waals surface area contributed by atoms with Gasteiger partial charge in [-0.25, -0.2) is 0 Å². The lowest BCUT2D eigenvalue weighted by Crippen LogP contribution is -1.99. The maximum absolute atomic E-state index is 5.42. The van der Waals surface area contributed by atoms with Crippen molar-refractivity contribution in [2.75, 3.05) is 6.61 Å². The van der Waals surface area contributed by atoms with Crippen LogP contribution < -0.4 is 0 Å². The van der Waals surface area contributed by atoms with Gasteiger partial charge in [-0.1, -0.05) is 12.2 Å². The molecule has 60 valence electrons. The van der Waals surface area contributed by atoms with Crippen molar-refractivity contribution in [3.63, 3.8) is 0 Å². The number of hydrogen-bond donors (Lipinski definition) is 0. The standard InChI is InChI=1S/C8H10INO/c1-2-3-6-11-8-4-5-10-7-9-8/h2-5,7H,6H2,1H3/b3-2+. The third-order valence-corrected chi connectivity index (χ3v) is 2.94. The highest BCUT2D eigenvalue weighted by molar-refractivity contribution is 14.2.